The summed E-state index contributed by atoms with van der Waals surface area (Å²) in [5.41, 5.74) is 2.36. The molecule has 2 nitrogen and oxygen atoms in total. The number of halogens is 1. The van der Waals surface area contributed by atoms with Gasteiger partial charge in [-0.2, -0.15) is 0 Å². The lowest BCUT2D eigenvalue weighted by molar-refractivity contribution is 0.556. The zero-order valence-corrected chi connectivity index (χ0v) is 11.8. The highest BCUT2D eigenvalue weighted by atomic mass is 35.5. The minimum absolute atomic E-state index is 0.160. The maximum atomic E-state index is 6.32. The second-order valence-electron chi connectivity index (χ2n) is 5.01. The lowest BCUT2D eigenvalue weighted by Crippen LogP contribution is -2.25. The second-order valence-corrected chi connectivity index (χ2v) is 5.42. The Hall–Kier alpha value is -1.28. The Morgan fingerprint density at radius 1 is 1.28 bits per heavy atom. The van der Waals surface area contributed by atoms with Gasteiger partial charge in [-0.3, -0.25) is 4.99 Å². The van der Waals surface area contributed by atoms with Crippen LogP contribution in [0.25, 0.3) is 0 Å². The van der Waals surface area contributed by atoms with Crippen molar-refractivity contribution in [3.05, 3.63) is 46.6 Å². The maximum absolute atomic E-state index is 6.32. The Morgan fingerprint density at radius 2 is 2.00 bits per heavy atom. The Bertz CT molecular complexity index is 477. The molecule has 0 bridgehead atoms. The molecule has 0 aromatic heterocycles. The second kappa shape index (κ2) is 5.57. The molecule has 96 valence electrons. The monoisotopic (exact) mass is 262 g/mol. The molecule has 2 rings (SSSR count). The third-order valence-electron chi connectivity index (χ3n) is 3.20. The van der Waals surface area contributed by atoms with Gasteiger partial charge in [0, 0.05) is 23.4 Å². The molecule has 0 radical (unpaired) electrons. The van der Waals surface area contributed by atoms with Crippen LogP contribution in [0.2, 0.25) is 5.02 Å². The summed E-state index contributed by atoms with van der Waals surface area (Å²) in [6.45, 7) is 6.45. The van der Waals surface area contributed by atoms with E-state index in [0.717, 1.165) is 5.02 Å². The van der Waals surface area contributed by atoms with Gasteiger partial charge in [-0.25, -0.2) is 0 Å². The molecule has 0 saturated heterocycles. The van der Waals surface area contributed by atoms with E-state index in [0.29, 0.717) is 5.92 Å². The Kier molecular flexibility index (Phi) is 4.07. The van der Waals surface area contributed by atoms with Gasteiger partial charge in [0.2, 0.25) is 0 Å². The first-order valence-electron chi connectivity index (χ1n) is 6.33. The molecular weight excluding hydrogens is 244 g/mol. The van der Waals surface area contributed by atoms with Gasteiger partial charge in [0.05, 0.1) is 0 Å². The smallest absolute Gasteiger partial charge is 0.115 e. The average Bonchev–Trinajstić information content (AvgIpc) is 2.34. The van der Waals surface area contributed by atoms with E-state index in [2.05, 4.69) is 36.4 Å². The summed E-state index contributed by atoms with van der Waals surface area (Å²) in [7, 11) is 0. The van der Waals surface area contributed by atoms with Gasteiger partial charge in [0.15, 0.2) is 0 Å². The van der Waals surface area contributed by atoms with Crippen molar-refractivity contribution in [1.82, 2.24) is 5.32 Å². The maximum Gasteiger partial charge on any atom is 0.115 e. The van der Waals surface area contributed by atoms with Crippen molar-refractivity contribution in [3.63, 3.8) is 0 Å². The largest absolute Gasteiger partial charge is 0.370 e. The van der Waals surface area contributed by atoms with Crippen LogP contribution >= 0.6 is 11.6 Å². The summed E-state index contributed by atoms with van der Waals surface area (Å²) in [4.78, 5) is 4.42. The normalized spacial score (nSPS) is 20.5. The molecule has 1 aliphatic rings. The van der Waals surface area contributed by atoms with Crippen molar-refractivity contribution in [2.45, 2.75) is 32.9 Å². The summed E-state index contributed by atoms with van der Waals surface area (Å²) in [6.07, 6.45) is 4.19. The van der Waals surface area contributed by atoms with E-state index in [1.165, 1.54) is 11.1 Å². The fourth-order valence-electron chi connectivity index (χ4n) is 2.32. The van der Waals surface area contributed by atoms with Crippen molar-refractivity contribution in [2.75, 3.05) is 0 Å². The van der Waals surface area contributed by atoms with E-state index >= 15 is 0 Å². The highest BCUT2D eigenvalue weighted by Crippen LogP contribution is 2.35. The van der Waals surface area contributed by atoms with E-state index < -0.39 is 0 Å². The van der Waals surface area contributed by atoms with E-state index in [1.54, 1.807) is 0 Å². The van der Waals surface area contributed by atoms with Gasteiger partial charge in [-0.15, -0.1) is 0 Å². The van der Waals surface area contributed by atoms with Crippen molar-refractivity contribution in [1.29, 1.82) is 0 Å². The molecule has 1 heterocycles. The lowest BCUT2D eigenvalue weighted by atomic mass is 9.82. The van der Waals surface area contributed by atoms with E-state index in [4.69, 9.17) is 11.6 Å². The number of allylic oxidation sites excluding steroid dienone is 1. The van der Waals surface area contributed by atoms with Crippen LogP contribution in [0.4, 0.5) is 0 Å². The van der Waals surface area contributed by atoms with Crippen LogP contribution in [0.15, 0.2) is 41.0 Å². The molecule has 0 saturated carbocycles. The topological polar surface area (TPSA) is 24.4 Å². The highest BCUT2D eigenvalue weighted by molar-refractivity contribution is 6.31. The first-order chi connectivity index (χ1) is 8.59. The summed E-state index contributed by atoms with van der Waals surface area (Å²) in [5, 5.41) is 4.08. The van der Waals surface area contributed by atoms with Crippen molar-refractivity contribution < 1.29 is 0 Å². The van der Waals surface area contributed by atoms with Crippen LogP contribution in [0.5, 0.6) is 0 Å². The van der Waals surface area contributed by atoms with Gasteiger partial charge in [-0.05, 0) is 30.0 Å². The van der Waals surface area contributed by atoms with Gasteiger partial charge < -0.3 is 5.32 Å². The van der Waals surface area contributed by atoms with Crippen molar-refractivity contribution in [2.24, 2.45) is 10.9 Å². The summed E-state index contributed by atoms with van der Waals surface area (Å²) < 4.78 is 0. The summed E-state index contributed by atoms with van der Waals surface area (Å²) >= 11 is 6.32. The summed E-state index contributed by atoms with van der Waals surface area (Å²) in [6, 6.07) is 8.04. The van der Waals surface area contributed by atoms with Crippen LogP contribution < -0.4 is 5.32 Å². The van der Waals surface area contributed by atoms with Gasteiger partial charge in [0.1, 0.15) is 6.17 Å². The van der Waals surface area contributed by atoms with E-state index in [-0.39, 0.29) is 12.1 Å². The number of aliphatic imine (C=N–C) groups is 1. The van der Waals surface area contributed by atoms with Crippen LogP contribution in [0.1, 0.15) is 32.3 Å². The molecule has 0 aliphatic carbocycles. The van der Waals surface area contributed by atoms with Gasteiger partial charge in [-0.1, -0.05) is 43.6 Å². The fraction of sp³-hybridized carbons (Fsp3) is 0.400. The SMILES string of the molecule is CC1N=CC(C(c2ccccc2Cl)C(C)C)=CN1. The predicted octanol–water partition coefficient (Wildman–Crippen LogP) is 3.98. The number of hydrogen-bond donors (Lipinski definition) is 1. The standard InChI is InChI=1S/C15H19ClN2/c1-10(2)15(12-8-17-11(3)18-9-12)13-6-4-5-7-14(13)16/h4-11,15,17H,1-3H3. The molecule has 1 aliphatic heterocycles. The molecule has 18 heavy (non-hydrogen) atoms. The Morgan fingerprint density at radius 3 is 2.56 bits per heavy atom. The number of hydrogen-bond acceptors (Lipinski definition) is 2. The molecule has 0 fully saturated rings. The van der Waals surface area contributed by atoms with Gasteiger partial charge in [0.25, 0.3) is 0 Å². The first-order valence-corrected chi connectivity index (χ1v) is 6.71. The van der Waals surface area contributed by atoms with Crippen LogP contribution in [-0.4, -0.2) is 12.4 Å². The molecule has 0 amide bonds. The number of nitrogens with one attached hydrogen (secondary N) is 1. The zero-order chi connectivity index (χ0) is 13.1. The minimum Gasteiger partial charge on any atom is -0.370 e. The zero-order valence-electron chi connectivity index (χ0n) is 11.0. The molecule has 0 spiro atoms. The molecule has 1 aromatic rings. The lowest BCUT2D eigenvalue weighted by Gasteiger charge is -2.26. The predicted molar refractivity (Wildman–Crippen MR) is 78.2 cm³/mol. The fourth-order valence-corrected chi connectivity index (χ4v) is 2.57. The number of benzene rings is 1. The van der Waals surface area contributed by atoms with E-state index in [9.17, 15) is 0 Å². The van der Waals surface area contributed by atoms with Crippen LogP contribution in [0, 0.1) is 5.92 Å². The van der Waals surface area contributed by atoms with Crippen LogP contribution in [0.3, 0.4) is 0 Å². The van der Waals surface area contributed by atoms with Crippen molar-refractivity contribution in [3.8, 4) is 0 Å². The van der Waals surface area contributed by atoms with Crippen LogP contribution in [-0.2, 0) is 0 Å². The average molecular weight is 263 g/mol. The Balaban J connectivity index is 2.36. The van der Waals surface area contributed by atoms with E-state index in [1.807, 2.05) is 31.3 Å². The molecule has 2 unspecified atom stereocenters. The summed E-state index contributed by atoms with van der Waals surface area (Å²) in [5.74, 6) is 0.750. The highest BCUT2D eigenvalue weighted by Gasteiger charge is 2.23. The third-order valence-corrected chi connectivity index (χ3v) is 3.55. The quantitative estimate of drug-likeness (QED) is 0.875. The van der Waals surface area contributed by atoms with Crippen molar-refractivity contribution >= 4 is 17.8 Å². The molecule has 2 atom stereocenters. The first kappa shape index (κ1) is 13.2. The molecular formula is C15H19ClN2. The Labute approximate surface area is 114 Å². The van der Waals surface area contributed by atoms with Gasteiger partial charge >= 0.3 is 0 Å². The molecule has 3 heteroatoms. The number of nitrogens with zero attached hydrogens (tertiary/aromatic N) is 1. The third kappa shape index (κ3) is 2.75. The minimum atomic E-state index is 0.160. The number of rotatable bonds is 3. The molecule has 1 N–H and O–H groups in total. The molecule has 1 aromatic carbocycles.